The van der Waals surface area contributed by atoms with Crippen LogP contribution >= 0.6 is 0 Å². The predicted octanol–water partition coefficient (Wildman–Crippen LogP) is 2.41. The molecule has 21 heavy (non-hydrogen) atoms. The highest BCUT2D eigenvalue weighted by Gasteiger charge is 2.29. The lowest BCUT2D eigenvalue weighted by Crippen LogP contribution is -2.52. The number of hydrogen-bond donors (Lipinski definition) is 2. The minimum Gasteiger partial charge on any atom is -0.396 e. The molecule has 1 amide bonds. The lowest BCUT2D eigenvalue weighted by atomic mass is 9.89. The van der Waals surface area contributed by atoms with E-state index < -0.39 is 0 Å². The highest BCUT2D eigenvalue weighted by Crippen LogP contribution is 2.23. The van der Waals surface area contributed by atoms with Crippen LogP contribution in [0.2, 0.25) is 0 Å². The second kappa shape index (κ2) is 8.74. The number of aliphatic hydroxyl groups is 1. The first kappa shape index (κ1) is 18.4. The third-order valence-corrected chi connectivity index (χ3v) is 4.05. The largest absolute Gasteiger partial charge is 0.396 e. The van der Waals surface area contributed by atoms with Crippen LogP contribution in [0, 0.1) is 11.3 Å². The second-order valence-corrected chi connectivity index (χ2v) is 7.65. The molecule has 2 N–H and O–H groups in total. The van der Waals surface area contributed by atoms with Gasteiger partial charge in [0.15, 0.2) is 0 Å². The number of nitrogens with zero attached hydrogens (tertiary/aromatic N) is 1. The van der Waals surface area contributed by atoms with Crippen LogP contribution in [-0.4, -0.2) is 48.2 Å². The van der Waals surface area contributed by atoms with Crippen molar-refractivity contribution in [1.29, 1.82) is 0 Å². The van der Waals surface area contributed by atoms with Gasteiger partial charge in [-0.05, 0) is 37.0 Å². The van der Waals surface area contributed by atoms with Gasteiger partial charge in [-0.15, -0.1) is 0 Å². The molecule has 1 aliphatic heterocycles. The Hall–Kier alpha value is -0.610. The summed E-state index contributed by atoms with van der Waals surface area (Å²) in [4.78, 5) is 14.3. The molecule has 2 atom stereocenters. The SMILES string of the molecule is CCCC(=O)N1CC(CCCO)CC(NCC(C)(C)C)C1. The minimum atomic E-state index is 0.249. The lowest BCUT2D eigenvalue weighted by molar-refractivity contribution is -0.133. The first-order valence-electron chi connectivity index (χ1n) is 8.47. The zero-order chi connectivity index (χ0) is 15.9. The number of amides is 1. The highest BCUT2D eigenvalue weighted by atomic mass is 16.2. The zero-order valence-corrected chi connectivity index (χ0v) is 14.3. The summed E-state index contributed by atoms with van der Waals surface area (Å²) in [5.74, 6) is 0.804. The molecule has 1 saturated heterocycles. The van der Waals surface area contributed by atoms with E-state index in [1.165, 1.54) is 0 Å². The predicted molar refractivity (Wildman–Crippen MR) is 87.2 cm³/mol. The monoisotopic (exact) mass is 298 g/mol. The molecular weight excluding hydrogens is 264 g/mol. The van der Waals surface area contributed by atoms with E-state index in [4.69, 9.17) is 5.11 Å². The van der Waals surface area contributed by atoms with Crippen LogP contribution in [-0.2, 0) is 4.79 Å². The standard InChI is InChI=1S/C17H34N2O2/c1-5-7-16(21)19-11-14(8-6-9-20)10-15(12-19)18-13-17(2,3)4/h14-15,18,20H,5-13H2,1-4H3. The number of nitrogens with one attached hydrogen (secondary N) is 1. The molecule has 0 aromatic rings. The Morgan fingerprint density at radius 2 is 2.05 bits per heavy atom. The molecule has 4 heteroatoms. The van der Waals surface area contributed by atoms with Crippen molar-refractivity contribution in [1.82, 2.24) is 10.2 Å². The molecule has 0 aromatic heterocycles. The zero-order valence-electron chi connectivity index (χ0n) is 14.3. The van der Waals surface area contributed by atoms with Gasteiger partial charge in [-0.2, -0.15) is 0 Å². The fourth-order valence-electron chi connectivity index (χ4n) is 2.97. The van der Waals surface area contributed by atoms with Crippen LogP contribution in [0.25, 0.3) is 0 Å². The van der Waals surface area contributed by atoms with Crippen molar-refractivity contribution in [3.05, 3.63) is 0 Å². The van der Waals surface area contributed by atoms with Gasteiger partial charge in [-0.25, -0.2) is 0 Å². The smallest absolute Gasteiger partial charge is 0.222 e. The third kappa shape index (κ3) is 7.28. The number of carbonyl (C=O) groups excluding carboxylic acids is 1. The normalized spacial score (nSPS) is 23.4. The molecule has 0 radical (unpaired) electrons. The summed E-state index contributed by atoms with van der Waals surface area (Å²) in [6.45, 7) is 11.7. The Morgan fingerprint density at radius 1 is 1.33 bits per heavy atom. The Balaban J connectivity index is 2.58. The highest BCUT2D eigenvalue weighted by molar-refractivity contribution is 5.76. The van der Waals surface area contributed by atoms with Gasteiger partial charge in [0.1, 0.15) is 0 Å². The van der Waals surface area contributed by atoms with Crippen molar-refractivity contribution in [2.45, 2.75) is 65.8 Å². The topological polar surface area (TPSA) is 52.6 Å². The average molecular weight is 298 g/mol. The van der Waals surface area contributed by atoms with Crippen LogP contribution in [0.5, 0.6) is 0 Å². The number of likely N-dealkylation sites (tertiary alicyclic amines) is 1. The maximum absolute atomic E-state index is 12.2. The summed E-state index contributed by atoms with van der Waals surface area (Å²) in [5.41, 5.74) is 0.260. The van der Waals surface area contributed by atoms with Crippen LogP contribution in [0.15, 0.2) is 0 Å². The Labute approximate surface area is 130 Å². The van der Waals surface area contributed by atoms with Crippen LogP contribution in [0.4, 0.5) is 0 Å². The van der Waals surface area contributed by atoms with E-state index in [-0.39, 0.29) is 17.9 Å². The van der Waals surface area contributed by atoms with E-state index in [0.717, 1.165) is 45.3 Å². The molecule has 0 aromatic carbocycles. The fraction of sp³-hybridized carbons (Fsp3) is 0.941. The molecule has 4 nitrogen and oxygen atoms in total. The van der Waals surface area contributed by atoms with Crippen molar-refractivity contribution >= 4 is 5.91 Å². The quantitative estimate of drug-likeness (QED) is 0.759. The maximum atomic E-state index is 12.2. The molecule has 0 aliphatic carbocycles. The molecule has 0 bridgehead atoms. The molecule has 1 fully saturated rings. The fourth-order valence-corrected chi connectivity index (χ4v) is 2.97. The van der Waals surface area contributed by atoms with Gasteiger partial charge in [0.25, 0.3) is 0 Å². The molecule has 0 spiro atoms. The van der Waals surface area contributed by atoms with Gasteiger partial charge < -0.3 is 15.3 Å². The van der Waals surface area contributed by atoms with E-state index in [0.29, 0.717) is 18.4 Å². The van der Waals surface area contributed by atoms with Gasteiger partial charge in [0, 0.05) is 38.7 Å². The first-order valence-corrected chi connectivity index (χ1v) is 8.47. The number of aliphatic hydroxyl groups excluding tert-OH is 1. The summed E-state index contributed by atoms with van der Waals surface area (Å²) in [6, 6.07) is 0.391. The van der Waals surface area contributed by atoms with Gasteiger partial charge in [-0.1, -0.05) is 27.7 Å². The van der Waals surface area contributed by atoms with Crippen molar-refractivity contribution in [2.24, 2.45) is 11.3 Å². The Kier molecular flexibility index (Phi) is 7.67. The van der Waals surface area contributed by atoms with Crippen LogP contribution < -0.4 is 5.32 Å². The van der Waals surface area contributed by atoms with Crippen LogP contribution in [0.3, 0.4) is 0 Å². The summed E-state index contributed by atoms with van der Waals surface area (Å²) in [7, 11) is 0. The van der Waals surface area contributed by atoms with Gasteiger partial charge in [-0.3, -0.25) is 4.79 Å². The maximum Gasteiger partial charge on any atom is 0.222 e. The van der Waals surface area contributed by atoms with Crippen LogP contribution in [0.1, 0.15) is 59.8 Å². The molecule has 0 saturated carbocycles. The van der Waals surface area contributed by atoms with Crippen molar-refractivity contribution in [3.63, 3.8) is 0 Å². The van der Waals surface area contributed by atoms with Crippen molar-refractivity contribution in [2.75, 3.05) is 26.2 Å². The summed E-state index contributed by atoms with van der Waals surface area (Å²) < 4.78 is 0. The molecule has 1 aliphatic rings. The van der Waals surface area contributed by atoms with Crippen molar-refractivity contribution in [3.8, 4) is 0 Å². The van der Waals surface area contributed by atoms with E-state index in [1.54, 1.807) is 0 Å². The van der Waals surface area contributed by atoms with Gasteiger partial charge in [0.05, 0.1) is 0 Å². The Morgan fingerprint density at radius 3 is 2.62 bits per heavy atom. The van der Waals surface area contributed by atoms with Gasteiger partial charge in [0.2, 0.25) is 5.91 Å². The Bertz CT molecular complexity index is 312. The molecule has 2 unspecified atom stereocenters. The molecule has 1 heterocycles. The van der Waals surface area contributed by atoms with E-state index in [2.05, 4.69) is 33.0 Å². The van der Waals surface area contributed by atoms with E-state index >= 15 is 0 Å². The average Bonchev–Trinajstić information content (AvgIpc) is 2.42. The summed E-state index contributed by atoms with van der Waals surface area (Å²) >= 11 is 0. The summed E-state index contributed by atoms with van der Waals surface area (Å²) in [5, 5.41) is 12.7. The van der Waals surface area contributed by atoms with Gasteiger partial charge >= 0.3 is 0 Å². The molecular formula is C17H34N2O2. The number of hydrogen-bond acceptors (Lipinski definition) is 3. The second-order valence-electron chi connectivity index (χ2n) is 7.65. The third-order valence-electron chi connectivity index (χ3n) is 4.05. The lowest BCUT2D eigenvalue weighted by Gasteiger charge is -2.39. The van der Waals surface area contributed by atoms with E-state index in [9.17, 15) is 4.79 Å². The summed E-state index contributed by atoms with van der Waals surface area (Å²) in [6.07, 6.45) is 4.54. The minimum absolute atomic E-state index is 0.249. The number of carbonyl (C=O) groups is 1. The molecule has 124 valence electrons. The molecule has 1 rings (SSSR count). The van der Waals surface area contributed by atoms with Crippen molar-refractivity contribution < 1.29 is 9.90 Å². The number of piperidine rings is 1. The first-order chi connectivity index (χ1) is 9.85. The van der Waals surface area contributed by atoms with E-state index in [1.807, 2.05) is 4.90 Å². The number of rotatable bonds is 7.